The van der Waals surface area contributed by atoms with Gasteiger partial charge >= 0.3 is 5.97 Å². The Hall–Kier alpha value is -1.12. The van der Waals surface area contributed by atoms with Crippen LogP contribution in [0.4, 0.5) is 0 Å². The van der Waals surface area contributed by atoms with Gasteiger partial charge in [0.2, 0.25) is 0 Å². The molecule has 7 atom stereocenters. The summed E-state index contributed by atoms with van der Waals surface area (Å²) in [5, 5.41) is 0. The van der Waals surface area contributed by atoms with E-state index in [-0.39, 0.29) is 34.7 Å². The van der Waals surface area contributed by atoms with Crippen LogP contribution in [-0.4, -0.2) is 18.4 Å². The fourth-order valence-electron chi connectivity index (χ4n) is 6.62. The van der Waals surface area contributed by atoms with Gasteiger partial charge in [0.1, 0.15) is 12.4 Å². The average Bonchev–Trinajstić information content (AvgIpc) is 2.82. The first-order valence-corrected chi connectivity index (χ1v) is 9.24. The lowest BCUT2D eigenvalue weighted by Gasteiger charge is -2.57. The largest absolute Gasteiger partial charge is 0.462 e. The fraction of sp³-hybridized carbons (Fsp3) is 0.800. The molecule has 5 fully saturated rings. The van der Waals surface area contributed by atoms with Crippen LogP contribution < -0.4 is 0 Å². The Bertz CT molecular complexity index is 567. The highest BCUT2D eigenvalue weighted by Crippen LogP contribution is 2.64. The predicted molar refractivity (Wildman–Crippen MR) is 87.6 cm³/mol. The van der Waals surface area contributed by atoms with E-state index in [1.165, 1.54) is 11.9 Å². The third-order valence-corrected chi connectivity index (χ3v) is 8.10. The minimum Gasteiger partial charge on any atom is -0.462 e. The quantitative estimate of drug-likeness (QED) is 0.440. The number of allylic oxidation sites excluding steroid dienone is 1. The van der Waals surface area contributed by atoms with Gasteiger partial charge in [0.25, 0.3) is 0 Å². The summed E-state index contributed by atoms with van der Waals surface area (Å²) in [6.45, 7) is 8.86. The van der Waals surface area contributed by atoms with E-state index < -0.39 is 0 Å². The van der Waals surface area contributed by atoms with E-state index in [4.69, 9.17) is 4.74 Å². The first-order valence-electron chi connectivity index (χ1n) is 9.24. The predicted octanol–water partition coefficient (Wildman–Crippen LogP) is 3.92. The number of hydrogen-bond donors (Lipinski definition) is 0. The molecule has 0 aromatic heterocycles. The highest BCUT2D eigenvalue weighted by molar-refractivity contribution is 5.75. The molecular weight excluding hydrogens is 288 g/mol. The monoisotopic (exact) mass is 316 g/mol. The van der Waals surface area contributed by atoms with Crippen molar-refractivity contribution in [2.45, 2.75) is 64.9 Å². The van der Waals surface area contributed by atoms with Crippen LogP contribution in [0.15, 0.2) is 12.2 Å². The molecular formula is C20H28O3. The molecule has 3 saturated carbocycles. The zero-order valence-electron chi connectivity index (χ0n) is 14.3. The average molecular weight is 316 g/mol. The van der Waals surface area contributed by atoms with Gasteiger partial charge in [0.05, 0.1) is 5.92 Å². The SMILES string of the molecule is C=C1CC[C@H]2[C@H](C=O)[C@@H]([C@@]3(C)CC4CC[C@@H]3C(=O)O4)CC[C@]12C. The van der Waals surface area contributed by atoms with Gasteiger partial charge in [-0.2, -0.15) is 0 Å². The van der Waals surface area contributed by atoms with Crippen LogP contribution in [0.2, 0.25) is 0 Å². The zero-order valence-corrected chi connectivity index (χ0v) is 14.3. The Morgan fingerprint density at radius 2 is 1.96 bits per heavy atom. The highest BCUT2D eigenvalue weighted by Gasteiger charge is 2.60. The smallest absolute Gasteiger partial charge is 0.309 e. The molecule has 2 heterocycles. The molecule has 2 saturated heterocycles. The molecule has 0 N–H and O–H groups in total. The number of rotatable bonds is 2. The molecule has 0 aromatic rings. The highest BCUT2D eigenvalue weighted by atomic mass is 16.5. The topological polar surface area (TPSA) is 43.4 Å². The summed E-state index contributed by atoms with van der Waals surface area (Å²) in [4.78, 5) is 24.4. The molecule has 0 spiro atoms. The van der Waals surface area contributed by atoms with Gasteiger partial charge in [-0.05, 0) is 67.6 Å². The second-order valence-corrected chi connectivity index (χ2v) is 8.92. The van der Waals surface area contributed by atoms with Gasteiger partial charge in [-0.3, -0.25) is 4.79 Å². The third kappa shape index (κ3) is 1.94. The summed E-state index contributed by atoms with van der Waals surface area (Å²) in [5.74, 6) is 0.798. The maximum absolute atomic E-state index is 12.3. The lowest BCUT2D eigenvalue weighted by Crippen LogP contribution is -2.56. The van der Waals surface area contributed by atoms with Crippen molar-refractivity contribution in [3.8, 4) is 0 Å². The molecule has 2 bridgehead atoms. The Labute approximate surface area is 138 Å². The maximum atomic E-state index is 12.3. The fourth-order valence-corrected chi connectivity index (χ4v) is 6.62. The lowest BCUT2D eigenvalue weighted by molar-refractivity contribution is -0.196. The summed E-state index contributed by atoms with van der Waals surface area (Å²) in [6.07, 6.45) is 8.49. The third-order valence-electron chi connectivity index (χ3n) is 8.10. The van der Waals surface area contributed by atoms with Crippen LogP contribution in [0.1, 0.15) is 58.8 Å². The van der Waals surface area contributed by atoms with Crippen LogP contribution in [0.3, 0.4) is 0 Å². The first-order chi connectivity index (χ1) is 10.9. The molecule has 0 amide bonds. The molecule has 3 aliphatic carbocycles. The van der Waals surface area contributed by atoms with Crippen molar-refractivity contribution in [1.29, 1.82) is 0 Å². The first kappa shape index (κ1) is 15.4. The van der Waals surface area contributed by atoms with Crippen molar-refractivity contribution in [2.75, 3.05) is 0 Å². The molecule has 0 radical (unpaired) electrons. The summed E-state index contributed by atoms with van der Waals surface area (Å²) < 4.78 is 5.52. The minimum atomic E-state index is -0.0604. The van der Waals surface area contributed by atoms with Gasteiger partial charge in [0, 0.05) is 5.92 Å². The van der Waals surface area contributed by atoms with Gasteiger partial charge in [-0.15, -0.1) is 0 Å². The summed E-state index contributed by atoms with van der Waals surface area (Å²) in [5.41, 5.74) is 1.41. The van der Waals surface area contributed by atoms with Crippen LogP contribution in [0.25, 0.3) is 0 Å². The Morgan fingerprint density at radius 1 is 1.17 bits per heavy atom. The summed E-state index contributed by atoms with van der Waals surface area (Å²) >= 11 is 0. The molecule has 126 valence electrons. The van der Waals surface area contributed by atoms with E-state index in [2.05, 4.69) is 20.4 Å². The molecule has 5 rings (SSSR count). The van der Waals surface area contributed by atoms with Crippen molar-refractivity contribution in [2.24, 2.45) is 34.5 Å². The van der Waals surface area contributed by atoms with E-state index >= 15 is 0 Å². The number of carbonyl (C=O) groups is 2. The number of esters is 1. The molecule has 23 heavy (non-hydrogen) atoms. The molecule has 0 aromatic carbocycles. The summed E-state index contributed by atoms with van der Waals surface area (Å²) in [6, 6.07) is 0. The van der Waals surface area contributed by atoms with Crippen LogP contribution in [0.5, 0.6) is 0 Å². The van der Waals surface area contributed by atoms with Crippen molar-refractivity contribution < 1.29 is 14.3 Å². The normalized spacial score (nSPS) is 52.2. The second-order valence-electron chi connectivity index (χ2n) is 8.92. The van der Waals surface area contributed by atoms with Gasteiger partial charge in [-0.1, -0.05) is 26.0 Å². The van der Waals surface area contributed by atoms with Crippen molar-refractivity contribution in [3.63, 3.8) is 0 Å². The van der Waals surface area contributed by atoms with Crippen LogP contribution >= 0.6 is 0 Å². The van der Waals surface area contributed by atoms with E-state index in [1.807, 2.05) is 0 Å². The van der Waals surface area contributed by atoms with E-state index in [1.54, 1.807) is 0 Å². The van der Waals surface area contributed by atoms with E-state index in [0.29, 0.717) is 11.8 Å². The van der Waals surface area contributed by atoms with Crippen LogP contribution in [0, 0.1) is 34.5 Å². The minimum absolute atomic E-state index is 0.00564. The van der Waals surface area contributed by atoms with Crippen molar-refractivity contribution in [1.82, 2.24) is 0 Å². The molecule has 5 aliphatic rings. The molecule has 3 heteroatoms. The van der Waals surface area contributed by atoms with Crippen molar-refractivity contribution >= 4 is 12.3 Å². The van der Waals surface area contributed by atoms with Gasteiger partial charge in [-0.25, -0.2) is 0 Å². The number of carbonyl (C=O) groups excluding carboxylic acids is 2. The molecule has 1 unspecified atom stereocenters. The number of aldehydes is 1. The number of hydrogen-bond acceptors (Lipinski definition) is 3. The molecule has 2 aliphatic heterocycles. The Balaban J connectivity index is 1.68. The summed E-state index contributed by atoms with van der Waals surface area (Å²) in [7, 11) is 0. The van der Waals surface area contributed by atoms with Gasteiger partial charge < -0.3 is 9.53 Å². The number of ether oxygens (including phenoxy) is 1. The van der Waals surface area contributed by atoms with Crippen molar-refractivity contribution in [3.05, 3.63) is 12.2 Å². The van der Waals surface area contributed by atoms with Crippen LogP contribution in [-0.2, 0) is 14.3 Å². The lowest BCUT2D eigenvalue weighted by atomic mass is 9.49. The Morgan fingerprint density at radius 3 is 2.61 bits per heavy atom. The molecule has 3 nitrogen and oxygen atoms in total. The second kappa shape index (κ2) is 4.94. The van der Waals surface area contributed by atoms with E-state index in [0.717, 1.165) is 44.9 Å². The number of fused-ring (bicyclic) bond motifs is 4. The van der Waals surface area contributed by atoms with E-state index in [9.17, 15) is 9.59 Å². The standard InChI is InChI=1S/C20H28O3/c1-12-4-6-15-14(11-21)16(8-9-19(12,15)2)20(3)10-13-5-7-17(20)18(22)23-13/h11,13-17H,1,4-10H2,2-3H3/t13?,14-,15-,16-,17+,19+,20+/m0/s1. The zero-order chi connectivity index (χ0) is 16.4. The maximum Gasteiger partial charge on any atom is 0.309 e. The van der Waals surface area contributed by atoms with Gasteiger partial charge in [0.15, 0.2) is 0 Å². The Kier molecular flexibility index (Phi) is 3.31.